The molecule has 0 aliphatic carbocycles. The Morgan fingerprint density at radius 3 is 2.45 bits per heavy atom. The number of carboxylic acids is 1. The maximum Gasteiger partial charge on any atom is 0.338 e. The van der Waals surface area contributed by atoms with Gasteiger partial charge in [-0.15, -0.1) is 0 Å². The number of carboxylic acid groups (broad SMARTS) is 1. The average molecular weight is 776 g/mol. The van der Waals surface area contributed by atoms with Gasteiger partial charge < -0.3 is 25.3 Å². The highest BCUT2D eigenvalue weighted by atomic mass is 16.4. The molecule has 0 saturated heterocycles. The van der Waals surface area contributed by atoms with Gasteiger partial charge in [0.05, 0.1) is 30.0 Å². The normalized spacial score (nSPS) is 12.5. The molecule has 0 bridgehead atoms. The molecule has 7 aromatic rings. The summed E-state index contributed by atoms with van der Waals surface area (Å²) >= 11 is 0. The number of aryl methyl sites for hydroxylation is 4. The van der Waals surface area contributed by atoms with Gasteiger partial charge in [-0.2, -0.15) is 5.10 Å². The van der Waals surface area contributed by atoms with E-state index in [9.17, 15) is 19.5 Å². The summed E-state index contributed by atoms with van der Waals surface area (Å²) in [6.45, 7) is 8.88. The van der Waals surface area contributed by atoms with Gasteiger partial charge in [-0.3, -0.25) is 23.7 Å². The number of aromatic nitrogens is 6. The first-order valence-electron chi connectivity index (χ1n) is 19.4. The number of hydrogen-bond acceptors (Lipinski definition) is 7. The van der Waals surface area contributed by atoms with Crippen molar-refractivity contribution in [3.63, 3.8) is 0 Å². The van der Waals surface area contributed by atoms with Crippen LogP contribution in [0.15, 0.2) is 90.1 Å². The Labute approximate surface area is 335 Å². The number of aliphatic carboxylic acids is 1. The molecule has 13 heteroatoms. The van der Waals surface area contributed by atoms with Crippen LogP contribution in [-0.2, 0) is 30.7 Å². The van der Waals surface area contributed by atoms with Gasteiger partial charge >= 0.3 is 11.7 Å². The maximum atomic E-state index is 14.7. The molecule has 1 aliphatic heterocycles. The molecule has 0 spiro atoms. The highest BCUT2D eigenvalue weighted by Crippen LogP contribution is 2.33. The molecule has 3 aromatic carbocycles. The fourth-order valence-electron chi connectivity index (χ4n) is 8.29. The molecule has 4 aromatic heterocycles. The third kappa shape index (κ3) is 6.67. The summed E-state index contributed by atoms with van der Waals surface area (Å²) in [6, 6.07) is 21.5. The summed E-state index contributed by atoms with van der Waals surface area (Å²) in [5.74, 6) is -0.650. The molecule has 5 heterocycles. The highest BCUT2D eigenvalue weighted by Gasteiger charge is 2.32. The summed E-state index contributed by atoms with van der Waals surface area (Å²) in [7, 11) is 1.79. The van der Waals surface area contributed by atoms with Gasteiger partial charge in [0.1, 0.15) is 11.5 Å². The summed E-state index contributed by atoms with van der Waals surface area (Å²) in [5, 5.41) is 26.6. The predicted molar refractivity (Wildman–Crippen MR) is 225 cm³/mol. The first-order chi connectivity index (χ1) is 28.0. The molecule has 0 atom stereocenters. The number of hydrogen-bond donors (Lipinski definition) is 3. The standard InChI is InChI=1S/C45H45N9O4/c1-6-37-29(4)35(11-14-48-37)30-7-10-40-31(22-30)24-41(52(40)16-13-42(55)56)44(57)50-15-12-39-36(26-50)43(54(49-39)34-20-27(2)19-28(3)21-34)53-18-17-51(45(53)58)33-8-9-38(47-5)32(23-33)25-46/h7-11,14,17-25,46-47H,6,12-13,15-16,26H2,1-5H3,(H,55,56). The van der Waals surface area contributed by atoms with Gasteiger partial charge in [0, 0.05) is 84.8 Å². The van der Waals surface area contributed by atoms with Crippen LogP contribution in [0.1, 0.15) is 63.0 Å². The minimum Gasteiger partial charge on any atom is -0.481 e. The van der Waals surface area contributed by atoms with E-state index in [1.165, 1.54) is 10.8 Å². The summed E-state index contributed by atoms with van der Waals surface area (Å²) in [5.41, 5.74) is 11.5. The summed E-state index contributed by atoms with van der Waals surface area (Å²) in [4.78, 5) is 47.3. The monoisotopic (exact) mass is 775 g/mol. The van der Waals surface area contributed by atoms with Crippen LogP contribution in [0, 0.1) is 26.2 Å². The zero-order valence-electron chi connectivity index (χ0n) is 33.2. The van der Waals surface area contributed by atoms with Crippen molar-refractivity contribution < 1.29 is 14.7 Å². The Hall–Kier alpha value is -7.02. The van der Waals surface area contributed by atoms with E-state index in [4.69, 9.17) is 10.5 Å². The Morgan fingerprint density at radius 1 is 0.948 bits per heavy atom. The van der Waals surface area contributed by atoms with E-state index >= 15 is 0 Å². The van der Waals surface area contributed by atoms with E-state index < -0.39 is 5.97 Å². The fraction of sp³-hybridized carbons (Fsp3) is 0.244. The minimum absolute atomic E-state index is 0.125. The summed E-state index contributed by atoms with van der Waals surface area (Å²) in [6.07, 6.45) is 7.60. The van der Waals surface area contributed by atoms with Crippen molar-refractivity contribution in [2.24, 2.45) is 0 Å². The Balaban J connectivity index is 1.22. The van der Waals surface area contributed by atoms with E-state index in [2.05, 4.69) is 36.3 Å². The summed E-state index contributed by atoms with van der Waals surface area (Å²) < 4.78 is 6.72. The molecular weight excluding hydrogens is 731 g/mol. The third-order valence-electron chi connectivity index (χ3n) is 11.1. The SMILES string of the molecule is CCc1nccc(-c2ccc3c(c2)cc(C(=O)N2CCc4nn(-c5cc(C)cc(C)c5)c(-n5ccn(-c6ccc(NC)c(C=N)c6)c5=O)c4C2)n3CCC(=O)O)c1C. The number of nitrogens with one attached hydrogen (secondary N) is 2. The van der Waals surface area contributed by atoms with E-state index in [1.54, 1.807) is 39.7 Å². The number of pyridine rings is 1. The van der Waals surface area contributed by atoms with Crippen molar-refractivity contribution >= 4 is 34.7 Å². The number of fused-ring (bicyclic) bond motifs is 2. The lowest BCUT2D eigenvalue weighted by Gasteiger charge is -2.27. The molecular formula is C45H45N9O4. The van der Waals surface area contributed by atoms with Crippen LogP contribution < -0.4 is 11.0 Å². The highest BCUT2D eigenvalue weighted by molar-refractivity contribution is 6.00. The molecule has 13 nitrogen and oxygen atoms in total. The van der Waals surface area contributed by atoms with E-state index in [0.717, 1.165) is 73.5 Å². The van der Waals surface area contributed by atoms with Crippen LogP contribution in [0.25, 0.3) is 39.2 Å². The molecule has 58 heavy (non-hydrogen) atoms. The molecule has 294 valence electrons. The van der Waals surface area contributed by atoms with Crippen molar-refractivity contribution in [2.45, 2.75) is 60.0 Å². The third-order valence-corrected chi connectivity index (χ3v) is 11.1. The van der Waals surface area contributed by atoms with Gasteiger partial charge in [-0.1, -0.05) is 19.1 Å². The van der Waals surface area contributed by atoms with Crippen LogP contribution in [-0.4, -0.2) is 70.2 Å². The second-order valence-electron chi connectivity index (χ2n) is 14.9. The number of amides is 1. The van der Waals surface area contributed by atoms with E-state index in [-0.39, 0.29) is 31.1 Å². The van der Waals surface area contributed by atoms with Gasteiger partial charge in [0.15, 0.2) is 0 Å². The van der Waals surface area contributed by atoms with Crippen molar-refractivity contribution in [3.05, 3.63) is 141 Å². The van der Waals surface area contributed by atoms with Crippen molar-refractivity contribution in [1.82, 2.24) is 33.4 Å². The number of benzene rings is 3. The van der Waals surface area contributed by atoms with E-state index in [1.807, 2.05) is 73.1 Å². The number of carbonyl (C=O) groups is 2. The lowest BCUT2D eigenvalue weighted by molar-refractivity contribution is -0.137. The van der Waals surface area contributed by atoms with E-state index in [0.29, 0.717) is 35.7 Å². The number of anilines is 1. The van der Waals surface area contributed by atoms with Crippen molar-refractivity contribution in [3.8, 4) is 28.3 Å². The van der Waals surface area contributed by atoms with Crippen LogP contribution in [0.4, 0.5) is 5.69 Å². The number of rotatable bonds is 11. The fourth-order valence-corrected chi connectivity index (χ4v) is 8.29. The Kier molecular flexibility index (Phi) is 9.89. The first-order valence-corrected chi connectivity index (χ1v) is 19.4. The van der Waals surface area contributed by atoms with Crippen LogP contribution >= 0.6 is 0 Å². The molecule has 8 rings (SSSR count). The van der Waals surface area contributed by atoms with Gasteiger partial charge in [-0.05, 0) is 110 Å². The lowest BCUT2D eigenvalue weighted by atomic mass is 9.98. The zero-order valence-corrected chi connectivity index (χ0v) is 33.2. The maximum absolute atomic E-state index is 14.7. The van der Waals surface area contributed by atoms with Crippen LogP contribution in [0.2, 0.25) is 0 Å². The predicted octanol–water partition coefficient (Wildman–Crippen LogP) is 7.03. The lowest BCUT2D eigenvalue weighted by Crippen LogP contribution is -2.37. The Bertz CT molecular complexity index is 2820. The average Bonchev–Trinajstić information content (AvgIpc) is 3.91. The second-order valence-corrected chi connectivity index (χ2v) is 14.9. The largest absolute Gasteiger partial charge is 0.481 e. The van der Waals surface area contributed by atoms with Gasteiger partial charge in [0.2, 0.25) is 0 Å². The molecule has 0 radical (unpaired) electrons. The number of imidazole rings is 1. The quantitative estimate of drug-likeness (QED) is 0.119. The molecule has 0 saturated carbocycles. The minimum atomic E-state index is -0.952. The molecule has 1 amide bonds. The van der Waals surface area contributed by atoms with Gasteiger partial charge in [-0.25, -0.2) is 9.48 Å². The number of nitrogens with zero attached hydrogens (tertiary/aromatic N) is 7. The smallest absolute Gasteiger partial charge is 0.338 e. The van der Waals surface area contributed by atoms with Crippen molar-refractivity contribution in [2.75, 3.05) is 18.9 Å². The van der Waals surface area contributed by atoms with Crippen molar-refractivity contribution in [1.29, 1.82) is 5.41 Å². The molecule has 0 fully saturated rings. The molecule has 3 N–H and O–H groups in total. The first kappa shape index (κ1) is 37.9. The number of carbonyl (C=O) groups excluding carboxylic acids is 1. The zero-order chi connectivity index (χ0) is 40.8. The topological polar surface area (TPSA) is 156 Å². The van der Waals surface area contributed by atoms with Crippen LogP contribution in [0.5, 0.6) is 0 Å². The Morgan fingerprint density at radius 2 is 1.72 bits per heavy atom. The van der Waals surface area contributed by atoms with Gasteiger partial charge in [0.25, 0.3) is 5.91 Å². The molecule has 0 unspecified atom stereocenters. The second kappa shape index (κ2) is 15.1. The molecule has 1 aliphatic rings. The van der Waals surface area contributed by atoms with Crippen LogP contribution in [0.3, 0.4) is 0 Å².